The maximum Gasteiger partial charge on any atom is 0.0634 e. The van der Waals surface area contributed by atoms with Gasteiger partial charge < -0.3 is 9.47 Å². The van der Waals surface area contributed by atoms with Crippen LogP contribution in [0.3, 0.4) is 0 Å². The zero-order valence-corrected chi connectivity index (χ0v) is 27.2. The summed E-state index contributed by atoms with van der Waals surface area (Å²) in [5.41, 5.74) is 9.35. The summed E-state index contributed by atoms with van der Waals surface area (Å²) in [4.78, 5) is 2.37. The predicted octanol–water partition coefficient (Wildman–Crippen LogP) is 13.1. The number of nitrogens with zero attached hydrogens (tertiary/aromatic N) is 2. The maximum atomic E-state index is 3.58. The molecule has 2 heterocycles. The molecule has 0 saturated heterocycles. The fourth-order valence-corrected chi connectivity index (χ4v) is 8.15. The van der Waals surface area contributed by atoms with Crippen LogP contribution >= 0.6 is 27.3 Å². The molecule has 9 aromatic rings. The highest BCUT2D eigenvalue weighted by atomic mass is 79.9. The molecule has 0 N–H and O–H groups in total. The van der Waals surface area contributed by atoms with Gasteiger partial charge >= 0.3 is 0 Å². The van der Waals surface area contributed by atoms with E-state index < -0.39 is 0 Å². The first-order chi connectivity index (χ1) is 22.7. The first-order valence-corrected chi connectivity index (χ1v) is 17.0. The molecule has 0 unspecified atom stereocenters. The molecule has 0 amide bonds. The Labute approximate surface area is 279 Å². The Morgan fingerprint density at radius 1 is 0.478 bits per heavy atom. The van der Waals surface area contributed by atoms with Crippen molar-refractivity contribution in [2.24, 2.45) is 0 Å². The third-order valence-electron chi connectivity index (χ3n) is 8.82. The molecule has 0 atom stereocenters. The molecule has 0 radical (unpaired) electrons. The van der Waals surface area contributed by atoms with Crippen molar-refractivity contribution in [2.45, 2.75) is 0 Å². The van der Waals surface area contributed by atoms with Gasteiger partial charge in [0.25, 0.3) is 0 Å². The Morgan fingerprint density at radius 3 is 2.02 bits per heavy atom. The lowest BCUT2D eigenvalue weighted by atomic mass is 10.0. The van der Waals surface area contributed by atoms with Crippen LogP contribution in [0.4, 0.5) is 17.1 Å². The van der Waals surface area contributed by atoms with E-state index in [-0.39, 0.29) is 0 Å². The lowest BCUT2D eigenvalue weighted by Crippen LogP contribution is -2.09. The van der Waals surface area contributed by atoms with E-state index in [1.54, 1.807) is 0 Å². The van der Waals surface area contributed by atoms with Crippen LogP contribution in [0.1, 0.15) is 0 Å². The number of anilines is 3. The fraction of sp³-hybridized carbons (Fsp3) is 0. The van der Waals surface area contributed by atoms with Crippen LogP contribution in [0.5, 0.6) is 0 Å². The molecule has 0 spiro atoms. The molecular weight excluding hydrogens is 644 g/mol. The van der Waals surface area contributed by atoms with Crippen LogP contribution in [0.25, 0.3) is 58.8 Å². The SMILES string of the molecule is Brc1ccc(-c2cccc(N(c3ccccc3)c3ccc4c(c3)c3ccc5sc6ccccc6c5c3n4-c3ccccc3)c2)cc1. The molecule has 0 aliphatic rings. The van der Waals surface area contributed by atoms with E-state index in [1.807, 2.05) is 11.3 Å². The lowest BCUT2D eigenvalue weighted by molar-refractivity contribution is 1.19. The largest absolute Gasteiger partial charge is 0.310 e. The van der Waals surface area contributed by atoms with Gasteiger partial charge in [0.1, 0.15) is 0 Å². The van der Waals surface area contributed by atoms with Crippen molar-refractivity contribution < 1.29 is 0 Å². The lowest BCUT2D eigenvalue weighted by Gasteiger charge is -2.26. The molecule has 0 aliphatic heterocycles. The molecule has 0 aliphatic carbocycles. The smallest absolute Gasteiger partial charge is 0.0634 e. The van der Waals surface area contributed by atoms with Gasteiger partial charge in [0.2, 0.25) is 0 Å². The minimum Gasteiger partial charge on any atom is -0.310 e. The summed E-state index contributed by atoms with van der Waals surface area (Å²) in [6, 6.07) is 59.1. The third-order valence-corrected chi connectivity index (χ3v) is 10.5. The predicted molar refractivity (Wildman–Crippen MR) is 201 cm³/mol. The molecule has 218 valence electrons. The molecule has 4 heteroatoms. The van der Waals surface area contributed by atoms with Gasteiger partial charge in [-0.15, -0.1) is 11.3 Å². The highest BCUT2D eigenvalue weighted by Crippen LogP contribution is 2.45. The Morgan fingerprint density at radius 2 is 1.20 bits per heavy atom. The van der Waals surface area contributed by atoms with E-state index in [1.165, 1.54) is 58.8 Å². The summed E-state index contributed by atoms with van der Waals surface area (Å²) in [6.07, 6.45) is 0. The van der Waals surface area contributed by atoms with Crippen molar-refractivity contribution in [3.8, 4) is 16.8 Å². The number of fused-ring (bicyclic) bond motifs is 7. The van der Waals surface area contributed by atoms with Crippen molar-refractivity contribution in [1.29, 1.82) is 0 Å². The summed E-state index contributed by atoms with van der Waals surface area (Å²) in [6.45, 7) is 0. The van der Waals surface area contributed by atoms with Crippen molar-refractivity contribution >= 4 is 86.3 Å². The molecule has 2 aromatic heterocycles. The average molecular weight is 672 g/mol. The van der Waals surface area contributed by atoms with Crippen molar-refractivity contribution in [2.75, 3.05) is 4.90 Å². The Balaban J connectivity index is 1.32. The van der Waals surface area contributed by atoms with Crippen molar-refractivity contribution in [1.82, 2.24) is 4.57 Å². The minimum atomic E-state index is 1.08. The van der Waals surface area contributed by atoms with Gasteiger partial charge in [0, 0.05) is 58.2 Å². The Kier molecular flexibility index (Phi) is 6.51. The number of halogens is 1. The summed E-state index contributed by atoms with van der Waals surface area (Å²) < 4.78 is 6.16. The first-order valence-electron chi connectivity index (χ1n) is 15.4. The zero-order chi connectivity index (χ0) is 30.6. The van der Waals surface area contributed by atoms with Crippen LogP contribution in [-0.4, -0.2) is 4.57 Å². The second kappa shape index (κ2) is 11.0. The number of benzene rings is 7. The third kappa shape index (κ3) is 4.45. The van der Waals surface area contributed by atoms with Gasteiger partial charge in [-0.05, 0) is 90.0 Å². The molecule has 46 heavy (non-hydrogen) atoms. The number of hydrogen-bond acceptors (Lipinski definition) is 2. The normalized spacial score (nSPS) is 11.6. The minimum absolute atomic E-state index is 1.08. The molecule has 7 aromatic carbocycles. The summed E-state index contributed by atoms with van der Waals surface area (Å²) in [5.74, 6) is 0. The van der Waals surface area contributed by atoms with Gasteiger partial charge in [-0.25, -0.2) is 0 Å². The number of aromatic nitrogens is 1. The van der Waals surface area contributed by atoms with E-state index >= 15 is 0 Å². The van der Waals surface area contributed by atoms with Gasteiger partial charge in [0.05, 0.1) is 11.0 Å². The highest BCUT2D eigenvalue weighted by Gasteiger charge is 2.20. The van der Waals surface area contributed by atoms with Crippen molar-refractivity contribution in [3.05, 3.63) is 168 Å². The van der Waals surface area contributed by atoms with E-state index in [0.29, 0.717) is 0 Å². The fourth-order valence-electron chi connectivity index (χ4n) is 6.78. The molecular formula is C42H27BrN2S. The molecule has 0 saturated carbocycles. The van der Waals surface area contributed by atoms with Crippen LogP contribution < -0.4 is 4.90 Å². The Bertz CT molecular complexity index is 2530. The summed E-state index contributed by atoms with van der Waals surface area (Å²) in [7, 11) is 0. The summed E-state index contributed by atoms with van der Waals surface area (Å²) >= 11 is 5.45. The summed E-state index contributed by atoms with van der Waals surface area (Å²) in [5, 5.41) is 5.12. The van der Waals surface area contributed by atoms with Gasteiger partial charge in [0.15, 0.2) is 0 Å². The second-order valence-corrected chi connectivity index (χ2v) is 13.5. The number of rotatable bonds is 5. The van der Waals surface area contributed by atoms with E-state index in [4.69, 9.17) is 0 Å². The van der Waals surface area contributed by atoms with Crippen molar-refractivity contribution in [3.63, 3.8) is 0 Å². The topological polar surface area (TPSA) is 8.17 Å². The van der Waals surface area contributed by atoms with Crippen LogP contribution in [0.15, 0.2) is 168 Å². The zero-order valence-electron chi connectivity index (χ0n) is 24.8. The Hall–Kier alpha value is -5.16. The van der Waals surface area contributed by atoms with E-state index in [2.05, 4.69) is 189 Å². The van der Waals surface area contributed by atoms with Gasteiger partial charge in [-0.3, -0.25) is 0 Å². The molecule has 9 rings (SSSR count). The first kappa shape index (κ1) is 27.2. The van der Waals surface area contributed by atoms with E-state index in [9.17, 15) is 0 Å². The maximum absolute atomic E-state index is 3.58. The van der Waals surface area contributed by atoms with Crippen LogP contribution in [0, 0.1) is 0 Å². The number of hydrogen-bond donors (Lipinski definition) is 0. The highest BCUT2D eigenvalue weighted by molar-refractivity contribution is 9.10. The quantitative estimate of drug-likeness (QED) is 0.177. The number of para-hydroxylation sites is 2. The monoisotopic (exact) mass is 670 g/mol. The second-order valence-electron chi connectivity index (χ2n) is 11.5. The number of thiophene rings is 1. The molecule has 2 nitrogen and oxygen atoms in total. The molecule has 0 fully saturated rings. The standard InChI is InChI=1S/C42H27BrN2S/c43-30-20-18-28(19-21-30)29-10-9-15-33(26-29)44(31-11-3-1-4-12-31)34-22-24-38-37(27-34)35-23-25-40-41(36-16-7-8-17-39(36)46-40)42(35)45(38)32-13-5-2-6-14-32/h1-27H. The van der Waals surface area contributed by atoms with Gasteiger partial charge in [-0.1, -0.05) is 101 Å². The molecule has 0 bridgehead atoms. The van der Waals surface area contributed by atoms with Gasteiger partial charge in [-0.2, -0.15) is 0 Å². The van der Waals surface area contributed by atoms with E-state index in [0.717, 1.165) is 21.5 Å². The van der Waals surface area contributed by atoms with Crippen LogP contribution in [-0.2, 0) is 0 Å². The average Bonchev–Trinajstić information content (AvgIpc) is 3.65. The van der Waals surface area contributed by atoms with Crippen LogP contribution in [0.2, 0.25) is 0 Å².